The zero-order chi connectivity index (χ0) is 12.3. The van der Waals surface area contributed by atoms with Crippen LogP contribution in [0.5, 0.6) is 0 Å². The first kappa shape index (κ1) is 12.4. The summed E-state index contributed by atoms with van der Waals surface area (Å²) in [6.45, 7) is 2.56. The van der Waals surface area contributed by atoms with Crippen LogP contribution in [0.3, 0.4) is 0 Å². The van der Waals surface area contributed by atoms with Crippen LogP contribution in [0, 0.1) is 5.92 Å². The van der Waals surface area contributed by atoms with Crippen molar-refractivity contribution >= 4 is 23.1 Å². The average molecular weight is 257 g/mol. The highest BCUT2D eigenvalue weighted by Gasteiger charge is 2.18. The summed E-state index contributed by atoms with van der Waals surface area (Å²) in [5, 5.41) is 0.307. The van der Waals surface area contributed by atoms with Gasteiger partial charge in [0.15, 0.2) is 11.0 Å². The molecule has 1 aliphatic heterocycles. The first-order valence-corrected chi connectivity index (χ1v) is 6.11. The lowest BCUT2D eigenvalue weighted by Crippen LogP contribution is -2.31. The van der Waals surface area contributed by atoms with E-state index in [-0.39, 0.29) is 0 Å². The van der Waals surface area contributed by atoms with E-state index in [9.17, 15) is 0 Å². The molecule has 1 aromatic heterocycles. The third kappa shape index (κ3) is 2.98. The lowest BCUT2D eigenvalue weighted by atomic mass is 10.0. The van der Waals surface area contributed by atoms with Gasteiger partial charge in [-0.25, -0.2) is 9.97 Å². The lowest BCUT2D eigenvalue weighted by molar-refractivity contribution is 0.0576. The second kappa shape index (κ2) is 5.51. The minimum absolute atomic E-state index is 0.307. The highest BCUT2D eigenvalue weighted by molar-refractivity contribution is 6.32. The van der Waals surface area contributed by atoms with Crippen LogP contribution in [0.4, 0.5) is 11.5 Å². The van der Waals surface area contributed by atoms with Crippen molar-refractivity contribution in [3.63, 3.8) is 0 Å². The van der Waals surface area contributed by atoms with Crippen LogP contribution in [-0.4, -0.2) is 36.8 Å². The van der Waals surface area contributed by atoms with Crippen molar-refractivity contribution in [2.24, 2.45) is 5.92 Å². The third-order valence-corrected chi connectivity index (χ3v) is 3.26. The molecule has 0 saturated carbocycles. The fourth-order valence-electron chi connectivity index (χ4n) is 2.09. The highest BCUT2D eigenvalue weighted by Crippen LogP contribution is 2.26. The Bertz CT molecular complexity index is 382. The number of nitrogen functional groups attached to an aromatic ring is 1. The van der Waals surface area contributed by atoms with Gasteiger partial charge < -0.3 is 15.4 Å². The number of nitrogens with two attached hydrogens (primary N) is 1. The molecule has 1 fully saturated rings. The summed E-state index contributed by atoms with van der Waals surface area (Å²) in [5.74, 6) is 1.22. The van der Waals surface area contributed by atoms with Crippen molar-refractivity contribution in [2.75, 3.05) is 37.4 Å². The van der Waals surface area contributed by atoms with Crippen molar-refractivity contribution in [1.29, 1.82) is 0 Å². The Labute approximate surface area is 106 Å². The van der Waals surface area contributed by atoms with Crippen LogP contribution in [0.25, 0.3) is 0 Å². The minimum atomic E-state index is 0.307. The number of hydrogen-bond acceptors (Lipinski definition) is 5. The Hall–Kier alpha value is -1.07. The van der Waals surface area contributed by atoms with Crippen molar-refractivity contribution in [1.82, 2.24) is 9.97 Å². The van der Waals surface area contributed by atoms with Gasteiger partial charge in [0, 0.05) is 20.2 Å². The summed E-state index contributed by atoms with van der Waals surface area (Å²) < 4.78 is 5.46. The molecule has 5 nitrogen and oxygen atoms in total. The van der Waals surface area contributed by atoms with Gasteiger partial charge in [-0.3, -0.25) is 0 Å². The monoisotopic (exact) mass is 256 g/mol. The summed E-state index contributed by atoms with van der Waals surface area (Å²) >= 11 is 5.87. The number of nitrogens with zero attached hydrogens (tertiary/aromatic N) is 3. The Kier molecular flexibility index (Phi) is 4.02. The average Bonchev–Trinajstić information content (AvgIpc) is 2.34. The SMILES string of the molecule is CN(CC1CCCOC1)c1ncnc(Cl)c1N. The number of anilines is 2. The van der Waals surface area contributed by atoms with Crippen molar-refractivity contribution in [2.45, 2.75) is 12.8 Å². The molecule has 0 amide bonds. The van der Waals surface area contributed by atoms with Gasteiger partial charge in [-0.05, 0) is 18.8 Å². The highest BCUT2D eigenvalue weighted by atomic mass is 35.5. The maximum atomic E-state index is 5.87. The molecule has 1 aromatic rings. The van der Waals surface area contributed by atoms with E-state index in [0.717, 1.165) is 26.2 Å². The molecule has 17 heavy (non-hydrogen) atoms. The predicted molar refractivity (Wildman–Crippen MR) is 68.3 cm³/mol. The molecule has 0 spiro atoms. The Morgan fingerprint density at radius 2 is 2.41 bits per heavy atom. The topological polar surface area (TPSA) is 64.3 Å². The zero-order valence-corrected chi connectivity index (χ0v) is 10.7. The summed E-state index contributed by atoms with van der Waals surface area (Å²) in [6.07, 6.45) is 3.74. The molecule has 1 unspecified atom stereocenters. The first-order chi connectivity index (χ1) is 8.18. The maximum Gasteiger partial charge on any atom is 0.157 e. The largest absolute Gasteiger partial charge is 0.393 e. The molecular formula is C11H17ClN4O. The van der Waals surface area contributed by atoms with E-state index in [1.807, 2.05) is 11.9 Å². The van der Waals surface area contributed by atoms with E-state index >= 15 is 0 Å². The number of ether oxygens (including phenoxy) is 1. The predicted octanol–water partition coefficient (Wildman–Crippen LogP) is 1.57. The fraction of sp³-hybridized carbons (Fsp3) is 0.636. The van der Waals surface area contributed by atoms with Gasteiger partial charge in [-0.15, -0.1) is 0 Å². The zero-order valence-electron chi connectivity index (χ0n) is 9.90. The molecule has 2 rings (SSSR count). The third-order valence-electron chi connectivity index (χ3n) is 2.96. The number of hydrogen-bond donors (Lipinski definition) is 1. The molecular weight excluding hydrogens is 240 g/mol. The van der Waals surface area contributed by atoms with Gasteiger partial charge >= 0.3 is 0 Å². The van der Waals surface area contributed by atoms with E-state index in [4.69, 9.17) is 22.1 Å². The molecule has 2 N–H and O–H groups in total. The van der Waals surface area contributed by atoms with Gasteiger partial charge in [0.2, 0.25) is 0 Å². The van der Waals surface area contributed by atoms with Crippen molar-refractivity contribution in [3.05, 3.63) is 11.5 Å². The van der Waals surface area contributed by atoms with Crippen LogP contribution in [0.1, 0.15) is 12.8 Å². The molecule has 94 valence electrons. The van der Waals surface area contributed by atoms with Gasteiger partial charge in [-0.2, -0.15) is 0 Å². The number of rotatable bonds is 3. The van der Waals surface area contributed by atoms with Gasteiger partial charge in [-0.1, -0.05) is 11.6 Å². The first-order valence-electron chi connectivity index (χ1n) is 5.73. The lowest BCUT2D eigenvalue weighted by Gasteiger charge is -2.28. The van der Waals surface area contributed by atoms with E-state index in [1.165, 1.54) is 12.7 Å². The summed E-state index contributed by atoms with van der Waals surface area (Å²) in [4.78, 5) is 10.0. The quantitative estimate of drug-likeness (QED) is 0.832. The second-order valence-electron chi connectivity index (χ2n) is 4.37. The molecule has 0 bridgehead atoms. The van der Waals surface area contributed by atoms with Crippen LogP contribution in [0.15, 0.2) is 6.33 Å². The minimum Gasteiger partial charge on any atom is -0.393 e. The van der Waals surface area contributed by atoms with Crippen LogP contribution in [0.2, 0.25) is 5.15 Å². The summed E-state index contributed by atoms with van der Waals surface area (Å²) in [7, 11) is 1.96. The van der Waals surface area contributed by atoms with Gasteiger partial charge in [0.25, 0.3) is 0 Å². The summed E-state index contributed by atoms with van der Waals surface area (Å²) in [6, 6.07) is 0. The second-order valence-corrected chi connectivity index (χ2v) is 4.72. The van der Waals surface area contributed by atoms with E-state index in [2.05, 4.69) is 9.97 Å². The number of aromatic nitrogens is 2. The van der Waals surface area contributed by atoms with E-state index in [0.29, 0.717) is 22.6 Å². The molecule has 0 aliphatic carbocycles. The number of halogens is 1. The fourth-order valence-corrected chi connectivity index (χ4v) is 2.22. The molecule has 0 radical (unpaired) electrons. The Balaban J connectivity index is 2.03. The summed E-state index contributed by atoms with van der Waals surface area (Å²) in [5.41, 5.74) is 6.30. The molecule has 1 aliphatic rings. The standard InChI is InChI=1S/C11H17ClN4O/c1-16(5-8-3-2-4-17-6-8)11-9(13)10(12)14-7-15-11/h7-8H,2-6,13H2,1H3. The molecule has 2 heterocycles. The normalized spacial score (nSPS) is 20.2. The maximum absolute atomic E-state index is 5.87. The van der Waals surface area contributed by atoms with Crippen molar-refractivity contribution < 1.29 is 4.74 Å². The van der Waals surface area contributed by atoms with Gasteiger partial charge in [0.1, 0.15) is 12.0 Å². The Morgan fingerprint density at radius 3 is 3.12 bits per heavy atom. The Morgan fingerprint density at radius 1 is 1.59 bits per heavy atom. The molecule has 0 aromatic carbocycles. The van der Waals surface area contributed by atoms with E-state index < -0.39 is 0 Å². The molecule has 6 heteroatoms. The molecule has 1 saturated heterocycles. The van der Waals surface area contributed by atoms with Crippen LogP contribution >= 0.6 is 11.6 Å². The van der Waals surface area contributed by atoms with Gasteiger partial charge in [0.05, 0.1) is 6.61 Å². The van der Waals surface area contributed by atoms with Crippen molar-refractivity contribution in [3.8, 4) is 0 Å². The molecule has 1 atom stereocenters. The smallest absolute Gasteiger partial charge is 0.157 e. The van der Waals surface area contributed by atoms with E-state index in [1.54, 1.807) is 0 Å². The van der Waals surface area contributed by atoms with Crippen LogP contribution in [-0.2, 0) is 4.74 Å². The van der Waals surface area contributed by atoms with Crippen LogP contribution < -0.4 is 10.6 Å².